The van der Waals surface area contributed by atoms with E-state index in [1.165, 1.54) is 16.3 Å². The molecule has 0 aliphatic rings. The van der Waals surface area contributed by atoms with E-state index in [4.69, 9.17) is 4.74 Å². The molecule has 0 bridgehead atoms. The summed E-state index contributed by atoms with van der Waals surface area (Å²) in [5, 5.41) is 7.84. The fourth-order valence-electron chi connectivity index (χ4n) is 1.96. The minimum atomic E-state index is 0.790. The molecule has 2 N–H and O–H groups in total. The number of nitrogens with zero attached hydrogens (tertiary/aromatic N) is 2. The van der Waals surface area contributed by atoms with Crippen LogP contribution < -0.4 is 10.6 Å². The molecule has 132 valence electrons. The van der Waals surface area contributed by atoms with Crippen LogP contribution in [0.2, 0.25) is 0 Å². The lowest BCUT2D eigenvalue weighted by Gasteiger charge is -2.10. The van der Waals surface area contributed by atoms with Gasteiger partial charge >= 0.3 is 0 Å². The molecule has 0 radical (unpaired) electrons. The molecule has 0 saturated heterocycles. The zero-order valence-corrected chi connectivity index (χ0v) is 15.7. The highest BCUT2D eigenvalue weighted by molar-refractivity contribution is 7.11. The number of rotatable bonds is 12. The van der Waals surface area contributed by atoms with Crippen molar-refractivity contribution in [3.05, 3.63) is 16.1 Å². The summed E-state index contributed by atoms with van der Waals surface area (Å²) < 4.78 is 5.55. The van der Waals surface area contributed by atoms with Gasteiger partial charge in [0.1, 0.15) is 0 Å². The van der Waals surface area contributed by atoms with Gasteiger partial charge in [-0.15, -0.1) is 11.3 Å². The maximum Gasteiger partial charge on any atom is 0.191 e. The van der Waals surface area contributed by atoms with Crippen molar-refractivity contribution in [2.24, 2.45) is 4.99 Å². The van der Waals surface area contributed by atoms with E-state index in [9.17, 15) is 0 Å². The van der Waals surface area contributed by atoms with Crippen LogP contribution in [0.5, 0.6) is 0 Å². The molecule has 0 aliphatic carbocycles. The summed E-state index contributed by atoms with van der Waals surface area (Å²) in [4.78, 5) is 10.4. The Balaban J connectivity index is 2.20. The molecule has 0 fully saturated rings. The molecule has 1 heterocycles. The molecule has 0 aromatic carbocycles. The zero-order valence-electron chi connectivity index (χ0n) is 14.9. The summed E-state index contributed by atoms with van der Waals surface area (Å²) in [6.45, 7) is 10.6. The Morgan fingerprint density at radius 1 is 1.22 bits per heavy atom. The highest BCUT2D eigenvalue weighted by Gasteiger charge is 2.02. The van der Waals surface area contributed by atoms with Crippen LogP contribution in [0.3, 0.4) is 0 Å². The standard InChI is InChI=1S/C17H32N4OS/c1-4-7-12-22-13-8-10-19-17(18-6-3)20-11-9-16-21-14-15(5-2)23-16/h14H,4-13H2,1-3H3,(H2,18,19,20). The third kappa shape index (κ3) is 9.56. The molecule has 0 aliphatic heterocycles. The van der Waals surface area contributed by atoms with Crippen LogP contribution in [0.1, 0.15) is 49.9 Å². The van der Waals surface area contributed by atoms with Crippen LogP contribution >= 0.6 is 11.3 Å². The Hall–Kier alpha value is -1.14. The number of nitrogens with one attached hydrogen (secondary N) is 2. The van der Waals surface area contributed by atoms with Crippen LogP contribution in [-0.2, 0) is 17.6 Å². The monoisotopic (exact) mass is 340 g/mol. The number of thiazole rings is 1. The van der Waals surface area contributed by atoms with Crippen LogP contribution in [0, 0.1) is 0 Å². The van der Waals surface area contributed by atoms with Gasteiger partial charge in [0.15, 0.2) is 5.96 Å². The van der Waals surface area contributed by atoms with Gasteiger partial charge in [-0.25, -0.2) is 4.98 Å². The number of ether oxygens (including phenoxy) is 1. The van der Waals surface area contributed by atoms with Gasteiger partial charge in [-0.2, -0.15) is 0 Å². The molecular formula is C17H32N4OS. The van der Waals surface area contributed by atoms with E-state index < -0.39 is 0 Å². The molecule has 1 rings (SSSR count). The third-order valence-electron chi connectivity index (χ3n) is 3.28. The van der Waals surface area contributed by atoms with Gasteiger partial charge in [0, 0.05) is 50.3 Å². The lowest BCUT2D eigenvalue weighted by Crippen LogP contribution is -2.38. The topological polar surface area (TPSA) is 58.5 Å². The quantitative estimate of drug-likeness (QED) is 0.349. The molecule has 0 spiro atoms. The van der Waals surface area contributed by atoms with Crippen LogP contribution in [0.15, 0.2) is 11.2 Å². The van der Waals surface area contributed by atoms with Gasteiger partial charge in [-0.3, -0.25) is 4.99 Å². The normalized spacial score (nSPS) is 11.7. The number of hydrogen-bond donors (Lipinski definition) is 2. The molecule has 0 saturated carbocycles. The number of aromatic nitrogens is 1. The van der Waals surface area contributed by atoms with E-state index in [-0.39, 0.29) is 0 Å². The van der Waals surface area contributed by atoms with Crippen molar-refractivity contribution in [3.63, 3.8) is 0 Å². The number of hydrogen-bond acceptors (Lipinski definition) is 4. The molecule has 1 aromatic rings. The summed E-state index contributed by atoms with van der Waals surface area (Å²) >= 11 is 1.80. The Kier molecular flexibility index (Phi) is 11.5. The zero-order chi connectivity index (χ0) is 16.8. The Morgan fingerprint density at radius 2 is 2.04 bits per heavy atom. The van der Waals surface area contributed by atoms with E-state index in [1.54, 1.807) is 11.3 Å². The fourth-order valence-corrected chi connectivity index (χ4v) is 2.82. The van der Waals surface area contributed by atoms with Crippen LogP contribution in [0.25, 0.3) is 0 Å². The first kappa shape index (κ1) is 19.9. The predicted molar refractivity (Wildman–Crippen MR) is 99.5 cm³/mol. The highest BCUT2D eigenvalue weighted by Crippen LogP contribution is 2.13. The number of aliphatic imine (C=N–C) groups is 1. The molecule has 0 amide bonds. The van der Waals surface area contributed by atoms with Crippen molar-refractivity contribution in [2.75, 3.05) is 32.8 Å². The van der Waals surface area contributed by atoms with Crippen LogP contribution in [-0.4, -0.2) is 43.8 Å². The van der Waals surface area contributed by atoms with Gasteiger partial charge in [0.05, 0.1) is 5.01 Å². The molecule has 6 heteroatoms. The average Bonchev–Trinajstić information content (AvgIpc) is 3.02. The second-order valence-corrected chi connectivity index (χ2v) is 6.53. The third-order valence-corrected chi connectivity index (χ3v) is 4.49. The van der Waals surface area contributed by atoms with Crippen molar-refractivity contribution in [1.29, 1.82) is 0 Å². The first-order valence-electron chi connectivity index (χ1n) is 8.83. The van der Waals surface area contributed by atoms with Crippen molar-refractivity contribution < 1.29 is 4.74 Å². The predicted octanol–water partition coefficient (Wildman–Crippen LogP) is 3.01. The summed E-state index contributed by atoms with van der Waals surface area (Å²) in [5.74, 6) is 0.883. The Morgan fingerprint density at radius 3 is 2.74 bits per heavy atom. The first-order valence-corrected chi connectivity index (χ1v) is 9.65. The van der Waals surface area contributed by atoms with E-state index in [0.717, 1.165) is 64.5 Å². The molecule has 0 atom stereocenters. The van der Waals surface area contributed by atoms with Gasteiger partial charge in [0.2, 0.25) is 0 Å². The SMILES string of the molecule is CCCCOCCCN=C(NCC)NCCc1ncc(CC)s1. The molecule has 1 aromatic heterocycles. The van der Waals surface area contributed by atoms with E-state index in [2.05, 4.69) is 41.4 Å². The van der Waals surface area contributed by atoms with E-state index in [1.807, 2.05) is 6.20 Å². The average molecular weight is 341 g/mol. The smallest absolute Gasteiger partial charge is 0.191 e. The van der Waals surface area contributed by atoms with Gasteiger partial charge in [0.25, 0.3) is 0 Å². The Bertz CT molecular complexity index is 434. The molecule has 23 heavy (non-hydrogen) atoms. The summed E-state index contributed by atoms with van der Waals surface area (Å²) in [7, 11) is 0. The maximum absolute atomic E-state index is 5.55. The van der Waals surface area contributed by atoms with Gasteiger partial charge in [-0.05, 0) is 26.2 Å². The molecule has 0 unspecified atom stereocenters. The molecular weight excluding hydrogens is 308 g/mol. The lowest BCUT2D eigenvalue weighted by atomic mass is 10.4. The number of guanidine groups is 1. The lowest BCUT2D eigenvalue weighted by molar-refractivity contribution is 0.130. The van der Waals surface area contributed by atoms with Crippen molar-refractivity contribution in [1.82, 2.24) is 15.6 Å². The minimum Gasteiger partial charge on any atom is -0.381 e. The summed E-state index contributed by atoms with van der Waals surface area (Å²) in [5.41, 5.74) is 0. The first-order chi connectivity index (χ1) is 11.3. The number of aryl methyl sites for hydroxylation is 1. The van der Waals surface area contributed by atoms with E-state index in [0.29, 0.717) is 0 Å². The second kappa shape index (κ2) is 13.3. The van der Waals surface area contributed by atoms with Crippen LogP contribution in [0.4, 0.5) is 0 Å². The van der Waals surface area contributed by atoms with Crippen molar-refractivity contribution >= 4 is 17.3 Å². The summed E-state index contributed by atoms with van der Waals surface area (Å²) in [6.07, 6.45) is 7.28. The van der Waals surface area contributed by atoms with Gasteiger partial charge in [-0.1, -0.05) is 20.3 Å². The second-order valence-electron chi connectivity index (χ2n) is 5.33. The molecule has 5 nitrogen and oxygen atoms in total. The van der Waals surface area contributed by atoms with Gasteiger partial charge < -0.3 is 15.4 Å². The Labute approximate surface area is 145 Å². The maximum atomic E-state index is 5.55. The summed E-state index contributed by atoms with van der Waals surface area (Å²) in [6, 6.07) is 0. The number of unbranched alkanes of at least 4 members (excludes halogenated alkanes) is 1. The minimum absolute atomic E-state index is 0.790. The highest BCUT2D eigenvalue weighted by atomic mass is 32.1. The van der Waals surface area contributed by atoms with E-state index >= 15 is 0 Å². The fraction of sp³-hybridized carbons (Fsp3) is 0.765. The van der Waals surface area contributed by atoms with Crippen molar-refractivity contribution in [3.8, 4) is 0 Å². The van der Waals surface area contributed by atoms with Crippen molar-refractivity contribution in [2.45, 2.75) is 52.9 Å². The largest absolute Gasteiger partial charge is 0.381 e.